The maximum atomic E-state index is 11.7. The normalized spacial score (nSPS) is 16.6. The summed E-state index contributed by atoms with van der Waals surface area (Å²) in [4.78, 5) is 11.7. The van der Waals surface area contributed by atoms with E-state index in [9.17, 15) is 4.79 Å². The number of amides is 1. The highest BCUT2D eigenvalue weighted by Gasteiger charge is 2.25. The average molecular weight is 230 g/mol. The van der Waals surface area contributed by atoms with Crippen LogP contribution in [0.1, 0.15) is 47.0 Å². The molecule has 0 saturated heterocycles. The third-order valence-corrected chi connectivity index (χ3v) is 2.95. The molecular formula is C12H26N2O2. The molecule has 0 spiro atoms. The molecule has 0 radical (unpaired) electrons. The summed E-state index contributed by atoms with van der Waals surface area (Å²) in [6.45, 7) is 8.83. The van der Waals surface area contributed by atoms with E-state index >= 15 is 0 Å². The number of hydrogen-bond acceptors (Lipinski definition) is 3. The highest BCUT2D eigenvalue weighted by molar-refractivity contribution is 5.81. The molecule has 0 fully saturated rings. The number of aliphatic hydroxyl groups is 1. The van der Waals surface area contributed by atoms with Crippen molar-refractivity contribution in [1.29, 1.82) is 0 Å². The van der Waals surface area contributed by atoms with Crippen LogP contribution < -0.4 is 10.6 Å². The standard InChI is InChI=1S/C12H26N2O2/c1-5-8-13-11(16)10(3)14-12(4,6-2)7-9-15/h10,14-15H,5-9H2,1-4H3,(H,13,16). The Kier molecular flexibility index (Phi) is 7.34. The van der Waals surface area contributed by atoms with Crippen molar-refractivity contribution in [2.75, 3.05) is 13.2 Å². The summed E-state index contributed by atoms with van der Waals surface area (Å²) >= 11 is 0. The second-order valence-corrected chi connectivity index (χ2v) is 4.54. The van der Waals surface area contributed by atoms with Gasteiger partial charge in [-0.1, -0.05) is 13.8 Å². The third-order valence-electron chi connectivity index (χ3n) is 2.95. The van der Waals surface area contributed by atoms with Crippen molar-refractivity contribution in [3.05, 3.63) is 0 Å². The van der Waals surface area contributed by atoms with E-state index in [0.717, 1.165) is 12.8 Å². The number of aliphatic hydroxyl groups excluding tert-OH is 1. The molecule has 0 rings (SSSR count). The molecular weight excluding hydrogens is 204 g/mol. The van der Waals surface area contributed by atoms with Gasteiger partial charge in [0.05, 0.1) is 6.04 Å². The van der Waals surface area contributed by atoms with Crippen LogP contribution in [0.4, 0.5) is 0 Å². The van der Waals surface area contributed by atoms with Gasteiger partial charge in [-0.15, -0.1) is 0 Å². The molecule has 0 aliphatic heterocycles. The topological polar surface area (TPSA) is 61.4 Å². The number of carbonyl (C=O) groups excluding carboxylic acids is 1. The Morgan fingerprint density at radius 1 is 1.44 bits per heavy atom. The zero-order chi connectivity index (χ0) is 12.6. The first-order chi connectivity index (χ1) is 7.49. The van der Waals surface area contributed by atoms with Crippen LogP contribution in [0.15, 0.2) is 0 Å². The number of nitrogens with one attached hydrogen (secondary N) is 2. The van der Waals surface area contributed by atoms with E-state index in [0.29, 0.717) is 13.0 Å². The fraction of sp³-hybridized carbons (Fsp3) is 0.917. The molecule has 0 heterocycles. The Morgan fingerprint density at radius 2 is 2.06 bits per heavy atom. The number of hydrogen-bond donors (Lipinski definition) is 3. The molecule has 3 N–H and O–H groups in total. The lowest BCUT2D eigenvalue weighted by Crippen LogP contribution is -2.53. The lowest BCUT2D eigenvalue weighted by molar-refractivity contribution is -0.123. The van der Waals surface area contributed by atoms with Gasteiger partial charge in [-0.25, -0.2) is 0 Å². The van der Waals surface area contributed by atoms with Crippen LogP contribution in [0, 0.1) is 0 Å². The minimum atomic E-state index is -0.219. The Morgan fingerprint density at radius 3 is 2.50 bits per heavy atom. The molecule has 1 amide bonds. The predicted molar refractivity (Wildman–Crippen MR) is 66.3 cm³/mol. The maximum Gasteiger partial charge on any atom is 0.236 e. The molecule has 96 valence electrons. The minimum absolute atomic E-state index is 0.0273. The van der Waals surface area contributed by atoms with Gasteiger partial charge in [0.1, 0.15) is 0 Å². The smallest absolute Gasteiger partial charge is 0.236 e. The lowest BCUT2D eigenvalue weighted by Gasteiger charge is -2.32. The van der Waals surface area contributed by atoms with Crippen molar-refractivity contribution < 1.29 is 9.90 Å². The van der Waals surface area contributed by atoms with Crippen molar-refractivity contribution in [2.45, 2.75) is 58.5 Å². The fourth-order valence-corrected chi connectivity index (χ4v) is 1.59. The van der Waals surface area contributed by atoms with E-state index in [2.05, 4.69) is 17.6 Å². The van der Waals surface area contributed by atoms with Crippen molar-refractivity contribution >= 4 is 5.91 Å². The van der Waals surface area contributed by atoms with Gasteiger partial charge in [-0.3, -0.25) is 4.79 Å². The summed E-state index contributed by atoms with van der Waals surface area (Å²) in [6.07, 6.45) is 2.49. The Balaban J connectivity index is 4.18. The quantitative estimate of drug-likeness (QED) is 0.584. The van der Waals surface area contributed by atoms with Crippen LogP contribution in [0.25, 0.3) is 0 Å². The van der Waals surface area contributed by atoms with E-state index in [-0.39, 0.29) is 24.1 Å². The minimum Gasteiger partial charge on any atom is -0.396 e. The molecule has 0 aromatic heterocycles. The number of rotatable bonds is 8. The Hall–Kier alpha value is -0.610. The molecule has 0 saturated carbocycles. The van der Waals surface area contributed by atoms with Gasteiger partial charge in [0, 0.05) is 18.7 Å². The van der Waals surface area contributed by atoms with Gasteiger partial charge in [0.15, 0.2) is 0 Å². The highest BCUT2D eigenvalue weighted by atomic mass is 16.3. The van der Waals surface area contributed by atoms with Crippen molar-refractivity contribution in [3.8, 4) is 0 Å². The molecule has 2 atom stereocenters. The average Bonchev–Trinajstić information content (AvgIpc) is 2.26. The fourth-order valence-electron chi connectivity index (χ4n) is 1.59. The van der Waals surface area contributed by atoms with Gasteiger partial charge in [0.2, 0.25) is 5.91 Å². The molecule has 0 bridgehead atoms. The summed E-state index contributed by atoms with van der Waals surface area (Å²) in [5.74, 6) is 0.0273. The first kappa shape index (κ1) is 15.4. The van der Waals surface area contributed by atoms with Crippen LogP contribution in [0.5, 0.6) is 0 Å². The molecule has 2 unspecified atom stereocenters. The van der Waals surface area contributed by atoms with Gasteiger partial charge in [0.25, 0.3) is 0 Å². The Bertz CT molecular complexity index is 209. The van der Waals surface area contributed by atoms with Gasteiger partial charge in [-0.05, 0) is 33.1 Å². The van der Waals surface area contributed by atoms with Crippen LogP contribution in [0.3, 0.4) is 0 Å². The van der Waals surface area contributed by atoms with Crippen LogP contribution in [-0.2, 0) is 4.79 Å². The van der Waals surface area contributed by atoms with E-state index in [4.69, 9.17) is 5.11 Å². The third kappa shape index (κ3) is 5.47. The first-order valence-electron chi connectivity index (χ1n) is 6.15. The van der Waals surface area contributed by atoms with E-state index < -0.39 is 0 Å². The summed E-state index contributed by atoms with van der Waals surface area (Å²) in [5, 5.41) is 15.1. The van der Waals surface area contributed by atoms with Gasteiger partial charge < -0.3 is 15.7 Å². The van der Waals surface area contributed by atoms with E-state index in [1.807, 2.05) is 20.8 Å². The van der Waals surface area contributed by atoms with E-state index in [1.165, 1.54) is 0 Å². The molecule has 0 aliphatic carbocycles. The van der Waals surface area contributed by atoms with Crippen LogP contribution >= 0.6 is 0 Å². The largest absolute Gasteiger partial charge is 0.396 e. The first-order valence-corrected chi connectivity index (χ1v) is 6.15. The SMILES string of the molecule is CCCNC(=O)C(C)NC(C)(CC)CCO. The highest BCUT2D eigenvalue weighted by Crippen LogP contribution is 2.14. The summed E-state index contributed by atoms with van der Waals surface area (Å²) < 4.78 is 0. The van der Waals surface area contributed by atoms with E-state index in [1.54, 1.807) is 0 Å². The number of carbonyl (C=O) groups is 1. The molecule has 0 aromatic rings. The van der Waals surface area contributed by atoms with Crippen molar-refractivity contribution in [1.82, 2.24) is 10.6 Å². The second kappa shape index (κ2) is 7.63. The monoisotopic (exact) mass is 230 g/mol. The zero-order valence-corrected chi connectivity index (χ0v) is 11.0. The van der Waals surface area contributed by atoms with Crippen molar-refractivity contribution in [2.24, 2.45) is 0 Å². The van der Waals surface area contributed by atoms with Crippen molar-refractivity contribution in [3.63, 3.8) is 0 Å². The zero-order valence-electron chi connectivity index (χ0n) is 11.0. The molecule has 16 heavy (non-hydrogen) atoms. The molecule has 0 aliphatic rings. The predicted octanol–water partition coefficient (Wildman–Crippen LogP) is 1.04. The molecule has 4 heteroatoms. The lowest BCUT2D eigenvalue weighted by atomic mass is 9.94. The summed E-state index contributed by atoms with van der Waals surface area (Å²) in [5.41, 5.74) is -0.169. The second-order valence-electron chi connectivity index (χ2n) is 4.54. The summed E-state index contributed by atoms with van der Waals surface area (Å²) in [7, 11) is 0. The van der Waals surface area contributed by atoms with Crippen LogP contribution in [0.2, 0.25) is 0 Å². The molecule has 4 nitrogen and oxygen atoms in total. The maximum absolute atomic E-state index is 11.7. The van der Waals surface area contributed by atoms with Crippen LogP contribution in [-0.4, -0.2) is 35.7 Å². The molecule has 0 aromatic carbocycles. The summed E-state index contributed by atoms with van der Waals surface area (Å²) in [6, 6.07) is -0.219. The Labute approximate surface area is 98.8 Å². The van der Waals surface area contributed by atoms with Gasteiger partial charge >= 0.3 is 0 Å². The van der Waals surface area contributed by atoms with Gasteiger partial charge in [-0.2, -0.15) is 0 Å².